The van der Waals surface area contributed by atoms with Crippen LogP contribution < -0.4 is 11.1 Å². The molecule has 0 aromatic heterocycles. The molecule has 17 heteroatoms. The molecule has 42 heavy (non-hydrogen) atoms. The third kappa shape index (κ3) is 5.87. The topological polar surface area (TPSA) is 268 Å². The Labute approximate surface area is 240 Å². The van der Waals surface area contributed by atoms with Gasteiger partial charge in [-0.1, -0.05) is 6.07 Å². The maximum Gasteiger partial charge on any atom is 0.394 e. The largest absolute Gasteiger partial charge is 0.508 e. The number of benzene rings is 1. The summed E-state index contributed by atoms with van der Waals surface area (Å²) in [4.78, 5) is 54.2. The minimum absolute atomic E-state index is 0.00778. The van der Waals surface area contributed by atoms with Crippen molar-refractivity contribution in [1.29, 1.82) is 0 Å². The van der Waals surface area contributed by atoms with Gasteiger partial charge in [-0.2, -0.15) is 8.42 Å². The molecule has 0 heterocycles. The first-order chi connectivity index (χ1) is 19.2. The molecule has 4 rings (SSSR count). The molecule has 1 aromatic rings. The Hall–Kier alpha value is -3.87. The summed E-state index contributed by atoms with van der Waals surface area (Å²) in [5.74, 6) is -7.61. The Morgan fingerprint density at radius 1 is 1.10 bits per heavy atom. The highest BCUT2D eigenvalue weighted by molar-refractivity contribution is 7.79. The van der Waals surface area contributed by atoms with Gasteiger partial charge in [-0.15, -0.1) is 0 Å². The number of nitrogens with zero attached hydrogens (tertiary/aromatic N) is 2. The first-order valence-electron chi connectivity index (χ1n) is 12.4. The van der Waals surface area contributed by atoms with E-state index in [1.165, 1.54) is 25.1 Å². The van der Waals surface area contributed by atoms with Crippen LogP contribution in [0.15, 0.2) is 29.0 Å². The van der Waals surface area contributed by atoms with E-state index < -0.39 is 80.1 Å². The third-order valence-corrected chi connectivity index (χ3v) is 7.33. The molecule has 1 fully saturated rings. The lowest BCUT2D eigenvalue weighted by molar-refractivity contribution is -0.153. The summed E-state index contributed by atoms with van der Waals surface area (Å²) in [5, 5.41) is 47.1. The second kappa shape index (κ2) is 11.4. The van der Waals surface area contributed by atoms with Crippen molar-refractivity contribution in [3.05, 3.63) is 40.2 Å². The van der Waals surface area contributed by atoms with E-state index in [4.69, 9.17) is 23.3 Å². The molecule has 2 amide bonds. The number of anilines is 1. The standard InChI is InChI=1S/C25H30N4O8.H2O4S/c1-28(2)9-14(30)27-13-6-5-10-7-11-8-12-18(29(3)4)21(33)17(24(26)36)23(35)25(12,37)22(34)16(11)20(32)15(10)19(13)31;1-5(2,3)4/h5-6,11-12,18,31-32,35,37H,7-9H2,1-4H3,(H2,26,36)(H,27,30);(H2,1,2,3,4)/t11?,12?,18-,25-;/m0./s1. The van der Waals surface area contributed by atoms with Crippen LogP contribution in [0.4, 0.5) is 5.69 Å². The van der Waals surface area contributed by atoms with Crippen molar-refractivity contribution in [3.63, 3.8) is 0 Å². The first-order valence-corrected chi connectivity index (χ1v) is 13.8. The highest BCUT2D eigenvalue weighted by Gasteiger charge is 2.64. The number of primary amides is 1. The molecule has 0 aliphatic heterocycles. The number of Topliss-reactive ketones (excluding diaryl/α,β-unsaturated/α-hetero) is 2. The average Bonchev–Trinajstić information content (AvgIpc) is 2.81. The smallest absolute Gasteiger partial charge is 0.394 e. The second-order valence-corrected chi connectivity index (χ2v) is 11.6. The molecule has 3 aliphatic carbocycles. The zero-order chi connectivity index (χ0) is 32.1. The van der Waals surface area contributed by atoms with E-state index in [-0.39, 0.29) is 36.2 Å². The fourth-order valence-electron chi connectivity index (χ4n) is 5.80. The van der Waals surface area contributed by atoms with Crippen LogP contribution >= 0.6 is 0 Å². The van der Waals surface area contributed by atoms with Gasteiger partial charge in [-0.25, -0.2) is 0 Å². The summed E-state index contributed by atoms with van der Waals surface area (Å²) in [7, 11) is 1.81. The average molecular weight is 613 g/mol. The summed E-state index contributed by atoms with van der Waals surface area (Å²) in [6, 6.07) is 1.96. The lowest BCUT2D eigenvalue weighted by Crippen LogP contribution is -2.65. The number of nitrogens with two attached hydrogens (primary N) is 1. The lowest BCUT2D eigenvalue weighted by atomic mass is 9.57. The molecule has 0 saturated heterocycles. The predicted molar refractivity (Wildman–Crippen MR) is 146 cm³/mol. The summed E-state index contributed by atoms with van der Waals surface area (Å²) >= 11 is 0. The molecule has 230 valence electrons. The number of carbonyl (C=O) groups is 4. The van der Waals surface area contributed by atoms with Crippen LogP contribution in [0, 0.1) is 11.8 Å². The van der Waals surface area contributed by atoms with Gasteiger partial charge in [0.25, 0.3) is 5.91 Å². The molecule has 0 bridgehead atoms. The number of aromatic hydroxyl groups is 1. The molecular formula is C25H32N4O12S. The summed E-state index contributed by atoms with van der Waals surface area (Å²) in [5.41, 5.74) is 1.93. The number of nitrogens with one attached hydrogen (secondary N) is 1. The van der Waals surface area contributed by atoms with Crippen LogP contribution in [0.2, 0.25) is 0 Å². The van der Waals surface area contributed by atoms with Crippen molar-refractivity contribution in [2.45, 2.75) is 24.5 Å². The monoisotopic (exact) mass is 612 g/mol. The fourth-order valence-corrected chi connectivity index (χ4v) is 5.80. The van der Waals surface area contributed by atoms with Crippen LogP contribution in [-0.4, -0.2) is 118 Å². The van der Waals surface area contributed by atoms with E-state index in [1.54, 1.807) is 25.1 Å². The Balaban J connectivity index is 0.000000892. The number of amides is 2. The number of aliphatic hydroxyl groups is 3. The number of fused-ring (bicyclic) bond motifs is 3. The van der Waals surface area contributed by atoms with Crippen LogP contribution in [-0.2, 0) is 36.0 Å². The highest BCUT2D eigenvalue weighted by Crippen LogP contribution is 2.53. The van der Waals surface area contributed by atoms with E-state index in [0.717, 1.165) is 0 Å². The minimum atomic E-state index is -4.67. The van der Waals surface area contributed by atoms with Crippen molar-refractivity contribution in [2.75, 3.05) is 40.1 Å². The number of ketones is 2. The minimum Gasteiger partial charge on any atom is -0.508 e. The van der Waals surface area contributed by atoms with Gasteiger partial charge in [0.15, 0.2) is 11.4 Å². The zero-order valence-corrected chi connectivity index (χ0v) is 23.8. The van der Waals surface area contributed by atoms with Gasteiger partial charge in [0.05, 0.1) is 23.8 Å². The van der Waals surface area contributed by atoms with Crippen molar-refractivity contribution < 1.29 is 57.1 Å². The molecule has 2 unspecified atom stereocenters. The van der Waals surface area contributed by atoms with Crippen LogP contribution in [0.3, 0.4) is 0 Å². The number of carbonyl (C=O) groups excluding carboxylic acids is 4. The summed E-state index contributed by atoms with van der Waals surface area (Å²) in [6.07, 6.45) is 0.182. The molecule has 3 aliphatic rings. The number of aliphatic hydroxyl groups excluding tert-OH is 2. The van der Waals surface area contributed by atoms with Crippen molar-refractivity contribution in [1.82, 2.24) is 9.80 Å². The van der Waals surface area contributed by atoms with Crippen LogP contribution in [0.5, 0.6) is 5.75 Å². The predicted octanol–water partition coefficient (Wildman–Crippen LogP) is -1.19. The number of phenols is 1. The molecule has 1 saturated carbocycles. The molecule has 9 N–H and O–H groups in total. The Morgan fingerprint density at radius 2 is 1.67 bits per heavy atom. The molecule has 1 aromatic carbocycles. The van der Waals surface area contributed by atoms with E-state index >= 15 is 0 Å². The molecule has 0 spiro atoms. The van der Waals surface area contributed by atoms with Gasteiger partial charge in [0.2, 0.25) is 11.7 Å². The normalized spacial score (nSPS) is 25.4. The Morgan fingerprint density at radius 3 is 2.17 bits per heavy atom. The first kappa shape index (κ1) is 32.6. The van der Waals surface area contributed by atoms with Crippen molar-refractivity contribution >= 4 is 45.2 Å². The number of hydrogen-bond acceptors (Lipinski definition) is 12. The molecule has 0 radical (unpaired) electrons. The van der Waals surface area contributed by atoms with Gasteiger partial charge in [-0.05, 0) is 58.6 Å². The molecular weight excluding hydrogens is 580 g/mol. The fraction of sp³-hybridized carbons (Fsp3) is 0.440. The Bertz CT molecular complexity index is 1520. The molecule has 16 nitrogen and oxygen atoms in total. The van der Waals surface area contributed by atoms with Gasteiger partial charge in [0, 0.05) is 11.5 Å². The van der Waals surface area contributed by atoms with Gasteiger partial charge >= 0.3 is 10.4 Å². The number of hydrogen-bond donors (Lipinski definition) is 8. The van der Waals surface area contributed by atoms with E-state index in [1.807, 2.05) is 0 Å². The van der Waals surface area contributed by atoms with Crippen LogP contribution in [0.25, 0.3) is 5.76 Å². The van der Waals surface area contributed by atoms with Gasteiger partial charge < -0.3 is 36.4 Å². The van der Waals surface area contributed by atoms with Crippen LogP contribution in [0.1, 0.15) is 17.5 Å². The summed E-state index contributed by atoms with van der Waals surface area (Å²) in [6.45, 7) is 0.0398. The van der Waals surface area contributed by atoms with E-state index in [9.17, 15) is 39.6 Å². The summed E-state index contributed by atoms with van der Waals surface area (Å²) < 4.78 is 31.6. The highest BCUT2D eigenvalue weighted by atomic mass is 32.3. The maximum absolute atomic E-state index is 13.8. The quantitative estimate of drug-likeness (QED) is 0.110. The van der Waals surface area contributed by atoms with Crippen molar-refractivity contribution in [3.8, 4) is 5.75 Å². The lowest BCUT2D eigenvalue weighted by Gasteiger charge is -2.50. The van der Waals surface area contributed by atoms with Gasteiger partial charge in [-0.3, -0.25) is 33.2 Å². The third-order valence-electron chi connectivity index (χ3n) is 7.33. The number of rotatable bonds is 5. The van der Waals surface area contributed by atoms with Crippen molar-refractivity contribution in [2.24, 2.45) is 17.6 Å². The Kier molecular flexibility index (Phi) is 8.88. The van der Waals surface area contributed by atoms with Gasteiger partial charge in [0.1, 0.15) is 22.8 Å². The number of phenolic OH excluding ortho intramolecular Hbond substituents is 1. The number of likely N-dealkylation sites (N-methyl/N-ethyl adjacent to an activating group) is 2. The van der Waals surface area contributed by atoms with E-state index in [0.29, 0.717) is 5.56 Å². The maximum atomic E-state index is 13.8. The van der Waals surface area contributed by atoms with E-state index in [2.05, 4.69) is 5.32 Å². The molecule has 4 atom stereocenters. The SMILES string of the molecule is CN(C)CC(=O)Nc1ccc2c(c1O)C(O)=C1C(=O)[C@]3(O)C(O)=C(C(N)=O)C(=O)[C@@H](N(C)C)C3CC1C2.O=S(=O)(O)O. The zero-order valence-electron chi connectivity index (χ0n) is 23.0. The second-order valence-electron chi connectivity index (χ2n) is 10.7.